The summed E-state index contributed by atoms with van der Waals surface area (Å²) in [5, 5.41) is 2.88. The third-order valence-electron chi connectivity index (χ3n) is 4.46. The first-order valence-corrected chi connectivity index (χ1v) is 8.44. The zero-order valence-corrected chi connectivity index (χ0v) is 16.5. The summed E-state index contributed by atoms with van der Waals surface area (Å²) in [7, 11) is 0. The van der Waals surface area contributed by atoms with Crippen molar-refractivity contribution in [1.82, 2.24) is 10.2 Å². The molecule has 138 valence electrons. The Kier molecular flexibility index (Phi) is 7.27. The number of benzene rings is 1. The molecule has 1 heterocycles. The van der Waals surface area contributed by atoms with Gasteiger partial charge in [-0.3, -0.25) is 4.79 Å². The number of rotatable bonds is 5. The molecule has 1 amide bonds. The van der Waals surface area contributed by atoms with Crippen molar-refractivity contribution in [1.29, 1.82) is 0 Å². The van der Waals surface area contributed by atoms with Crippen LogP contribution in [0.5, 0.6) is 0 Å². The van der Waals surface area contributed by atoms with Crippen LogP contribution in [0.4, 0.5) is 10.1 Å². The maximum Gasteiger partial charge on any atom is 0.241 e. The van der Waals surface area contributed by atoms with Crippen molar-refractivity contribution in [2.45, 2.75) is 12.8 Å². The average molecular weight is 461 g/mol. The largest absolute Gasteiger partial charge is 0.370 e. The monoisotopic (exact) mass is 461 g/mol. The second-order valence-electron chi connectivity index (χ2n) is 6.37. The number of nitrogens with zero attached hydrogens (tertiary/aromatic N) is 3. The normalized spacial score (nSPS) is 17.9. The number of halogens is 2. The van der Waals surface area contributed by atoms with E-state index in [1.54, 1.807) is 12.1 Å². The minimum atomic E-state index is -0.228. The van der Waals surface area contributed by atoms with Gasteiger partial charge < -0.3 is 20.9 Å². The van der Waals surface area contributed by atoms with Gasteiger partial charge in [-0.05, 0) is 43.0 Å². The summed E-state index contributed by atoms with van der Waals surface area (Å²) in [6, 6.07) is 6.51. The number of amides is 1. The first-order chi connectivity index (χ1) is 11.6. The van der Waals surface area contributed by atoms with E-state index in [0.29, 0.717) is 11.9 Å². The van der Waals surface area contributed by atoms with E-state index in [0.717, 1.165) is 38.4 Å². The van der Waals surface area contributed by atoms with Crippen molar-refractivity contribution in [3.63, 3.8) is 0 Å². The Morgan fingerprint density at radius 3 is 2.44 bits per heavy atom. The number of carbonyl (C=O) groups is 1. The summed E-state index contributed by atoms with van der Waals surface area (Å²) in [6.45, 7) is 3.87. The number of nitrogens with two attached hydrogens (primary N) is 1. The van der Waals surface area contributed by atoms with Crippen molar-refractivity contribution in [2.24, 2.45) is 16.6 Å². The SMILES string of the molecule is I.NC(=NCC(=O)NCC1CC1)N1CCN(c2ccc(F)cc2)CC1. The van der Waals surface area contributed by atoms with E-state index in [4.69, 9.17) is 5.73 Å². The van der Waals surface area contributed by atoms with Crippen molar-refractivity contribution in [3.05, 3.63) is 30.1 Å². The fourth-order valence-electron chi connectivity index (χ4n) is 2.73. The fourth-order valence-corrected chi connectivity index (χ4v) is 2.73. The van der Waals surface area contributed by atoms with Crippen LogP contribution in [0.25, 0.3) is 0 Å². The summed E-state index contributed by atoms with van der Waals surface area (Å²) in [5.41, 5.74) is 7.00. The number of carbonyl (C=O) groups excluding carboxylic acids is 1. The Morgan fingerprint density at radius 1 is 1.20 bits per heavy atom. The predicted octanol–water partition coefficient (Wildman–Crippen LogP) is 1.41. The number of nitrogens with one attached hydrogen (secondary N) is 1. The van der Waals surface area contributed by atoms with Crippen molar-refractivity contribution >= 4 is 41.5 Å². The van der Waals surface area contributed by atoms with Gasteiger partial charge in [0.2, 0.25) is 5.91 Å². The summed E-state index contributed by atoms with van der Waals surface area (Å²) < 4.78 is 13.0. The quantitative estimate of drug-likeness (QED) is 0.395. The summed E-state index contributed by atoms with van der Waals surface area (Å²) >= 11 is 0. The van der Waals surface area contributed by atoms with Gasteiger partial charge in [-0.25, -0.2) is 9.38 Å². The molecular formula is C17H25FIN5O. The number of hydrogen-bond donors (Lipinski definition) is 2. The lowest BCUT2D eigenvalue weighted by Gasteiger charge is -2.36. The molecule has 2 aliphatic rings. The van der Waals surface area contributed by atoms with E-state index in [2.05, 4.69) is 15.2 Å². The Balaban J connectivity index is 0.00000225. The van der Waals surface area contributed by atoms with Gasteiger partial charge in [0.15, 0.2) is 5.96 Å². The molecule has 3 rings (SSSR count). The van der Waals surface area contributed by atoms with Gasteiger partial charge in [0.05, 0.1) is 0 Å². The summed E-state index contributed by atoms with van der Waals surface area (Å²) in [6.07, 6.45) is 2.42. The van der Waals surface area contributed by atoms with E-state index in [1.807, 2.05) is 4.90 Å². The minimum Gasteiger partial charge on any atom is -0.370 e. The molecular weight excluding hydrogens is 436 g/mol. The number of hydrogen-bond acceptors (Lipinski definition) is 3. The molecule has 1 aromatic rings. The zero-order valence-electron chi connectivity index (χ0n) is 14.2. The molecule has 0 spiro atoms. The molecule has 0 aromatic heterocycles. The van der Waals surface area contributed by atoms with Gasteiger partial charge in [0.1, 0.15) is 12.4 Å². The van der Waals surface area contributed by atoms with Crippen molar-refractivity contribution in [3.8, 4) is 0 Å². The highest BCUT2D eigenvalue weighted by molar-refractivity contribution is 14.0. The number of aliphatic imine (C=N–C) groups is 1. The van der Waals surface area contributed by atoms with Crippen LogP contribution in [0, 0.1) is 11.7 Å². The molecule has 25 heavy (non-hydrogen) atoms. The molecule has 0 atom stereocenters. The van der Waals surface area contributed by atoms with Crippen LogP contribution in [0.3, 0.4) is 0 Å². The van der Waals surface area contributed by atoms with Crippen LogP contribution in [0.2, 0.25) is 0 Å². The van der Waals surface area contributed by atoms with Gasteiger partial charge in [-0.15, -0.1) is 24.0 Å². The Labute approximate surface area is 164 Å². The summed E-state index contributed by atoms with van der Waals surface area (Å²) in [4.78, 5) is 20.1. The second-order valence-corrected chi connectivity index (χ2v) is 6.37. The summed E-state index contributed by atoms with van der Waals surface area (Å²) in [5.74, 6) is 0.772. The smallest absolute Gasteiger partial charge is 0.241 e. The van der Waals surface area contributed by atoms with Crippen LogP contribution < -0.4 is 16.0 Å². The van der Waals surface area contributed by atoms with Gasteiger partial charge in [0.25, 0.3) is 0 Å². The van der Waals surface area contributed by atoms with Crippen LogP contribution in [-0.4, -0.2) is 56.0 Å². The maximum atomic E-state index is 13.0. The zero-order chi connectivity index (χ0) is 16.9. The van der Waals surface area contributed by atoms with Crippen LogP contribution >= 0.6 is 24.0 Å². The first kappa shape index (κ1) is 19.7. The molecule has 1 saturated carbocycles. The standard InChI is InChI=1S/C17H24FN5O.HI/c18-14-3-5-15(6-4-14)22-7-9-23(10-8-22)17(19)21-12-16(24)20-11-13-1-2-13;/h3-6,13H,1-2,7-12H2,(H2,19,21)(H,20,24);1H. The third kappa shape index (κ3) is 6.02. The van der Waals surface area contributed by atoms with E-state index in [9.17, 15) is 9.18 Å². The molecule has 6 nitrogen and oxygen atoms in total. The predicted molar refractivity (Wildman–Crippen MR) is 108 cm³/mol. The van der Waals surface area contributed by atoms with Gasteiger partial charge in [-0.1, -0.05) is 0 Å². The van der Waals surface area contributed by atoms with Crippen LogP contribution in [0.1, 0.15) is 12.8 Å². The van der Waals surface area contributed by atoms with E-state index in [-0.39, 0.29) is 42.2 Å². The van der Waals surface area contributed by atoms with Gasteiger partial charge in [-0.2, -0.15) is 0 Å². The Hall–Kier alpha value is -1.58. The molecule has 1 aromatic carbocycles. The van der Waals surface area contributed by atoms with Crippen molar-refractivity contribution < 1.29 is 9.18 Å². The topological polar surface area (TPSA) is 74.0 Å². The van der Waals surface area contributed by atoms with Crippen LogP contribution in [-0.2, 0) is 4.79 Å². The highest BCUT2D eigenvalue weighted by atomic mass is 127. The lowest BCUT2D eigenvalue weighted by Crippen LogP contribution is -2.51. The van der Waals surface area contributed by atoms with E-state index < -0.39 is 0 Å². The molecule has 1 saturated heterocycles. The molecule has 0 radical (unpaired) electrons. The number of anilines is 1. The highest BCUT2D eigenvalue weighted by Gasteiger charge is 2.22. The fraction of sp³-hybridized carbons (Fsp3) is 0.529. The molecule has 1 aliphatic carbocycles. The lowest BCUT2D eigenvalue weighted by molar-refractivity contribution is -0.119. The molecule has 8 heteroatoms. The molecule has 2 fully saturated rings. The van der Waals surface area contributed by atoms with Gasteiger partial charge in [0, 0.05) is 38.4 Å². The van der Waals surface area contributed by atoms with Gasteiger partial charge >= 0.3 is 0 Å². The molecule has 3 N–H and O–H groups in total. The highest BCUT2D eigenvalue weighted by Crippen LogP contribution is 2.27. The third-order valence-corrected chi connectivity index (χ3v) is 4.46. The first-order valence-electron chi connectivity index (χ1n) is 8.44. The van der Waals surface area contributed by atoms with E-state index >= 15 is 0 Å². The Morgan fingerprint density at radius 2 is 1.84 bits per heavy atom. The lowest BCUT2D eigenvalue weighted by atomic mass is 10.2. The van der Waals surface area contributed by atoms with Crippen molar-refractivity contribution in [2.75, 3.05) is 44.2 Å². The molecule has 0 unspecified atom stereocenters. The molecule has 0 bridgehead atoms. The minimum absolute atomic E-state index is 0. The number of guanidine groups is 1. The second kappa shape index (κ2) is 9.21. The number of piperazine rings is 1. The Bertz CT molecular complexity index is 598. The molecule has 1 aliphatic heterocycles. The van der Waals surface area contributed by atoms with E-state index in [1.165, 1.54) is 25.0 Å². The average Bonchev–Trinajstić information content (AvgIpc) is 3.43. The maximum absolute atomic E-state index is 13.0. The van der Waals surface area contributed by atoms with Crippen LogP contribution in [0.15, 0.2) is 29.3 Å².